The van der Waals surface area contributed by atoms with Crippen molar-refractivity contribution in [3.63, 3.8) is 0 Å². The van der Waals surface area contributed by atoms with E-state index in [1.54, 1.807) is 19.2 Å². The summed E-state index contributed by atoms with van der Waals surface area (Å²) >= 11 is 0. The van der Waals surface area contributed by atoms with E-state index in [4.69, 9.17) is 4.74 Å². The summed E-state index contributed by atoms with van der Waals surface area (Å²) in [5, 5.41) is 2.97. The minimum Gasteiger partial charge on any atom is -0.497 e. The Balaban J connectivity index is 1.92. The monoisotopic (exact) mass is 312 g/mol. The molecule has 0 atom stereocenters. The number of likely N-dealkylation sites (N-methyl/N-ethyl adjacent to an activating group) is 1. The topological polar surface area (TPSA) is 41.6 Å². The summed E-state index contributed by atoms with van der Waals surface area (Å²) in [6, 6.07) is 15.5. The number of carbonyl (C=O) groups is 1. The fourth-order valence-corrected chi connectivity index (χ4v) is 2.54. The number of nitrogens with zero attached hydrogens (tertiary/aromatic N) is 1. The van der Waals surface area contributed by atoms with Gasteiger partial charge in [-0.2, -0.15) is 0 Å². The second-order valence-corrected chi connectivity index (χ2v) is 5.35. The van der Waals surface area contributed by atoms with E-state index >= 15 is 0 Å². The number of ether oxygens (including phenoxy) is 1. The first-order valence-electron chi connectivity index (χ1n) is 7.88. The predicted molar refractivity (Wildman–Crippen MR) is 94.4 cm³/mol. The van der Waals surface area contributed by atoms with Gasteiger partial charge in [-0.15, -0.1) is 0 Å². The summed E-state index contributed by atoms with van der Waals surface area (Å²) in [4.78, 5) is 14.5. The van der Waals surface area contributed by atoms with Crippen molar-refractivity contribution in [2.45, 2.75) is 13.8 Å². The van der Waals surface area contributed by atoms with Crippen LogP contribution in [0.25, 0.3) is 0 Å². The Morgan fingerprint density at radius 1 is 1.17 bits per heavy atom. The molecule has 0 unspecified atom stereocenters. The molecule has 2 aromatic rings. The van der Waals surface area contributed by atoms with Crippen LogP contribution in [0.2, 0.25) is 0 Å². The van der Waals surface area contributed by atoms with Gasteiger partial charge in [0.15, 0.2) is 0 Å². The highest BCUT2D eigenvalue weighted by Gasteiger charge is 2.09. The van der Waals surface area contributed by atoms with Crippen LogP contribution in [0, 0.1) is 6.92 Å². The molecular formula is C19H24N2O2. The minimum atomic E-state index is -0.0789. The molecule has 0 saturated carbocycles. The maximum atomic E-state index is 12.2. The van der Waals surface area contributed by atoms with Crippen LogP contribution in [0.3, 0.4) is 0 Å². The highest BCUT2D eigenvalue weighted by molar-refractivity contribution is 5.94. The molecule has 23 heavy (non-hydrogen) atoms. The van der Waals surface area contributed by atoms with Gasteiger partial charge in [0, 0.05) is 30.9 Å². The lowest BCUT2D eigenvalue weighted by Crippen LogP contribution is -2.35. The van der Waals surface area contributed by atoms with Crippen molar-refractivity contribution in [2.24, 2.45) is 0 Å². The van der Waals surface area contributed by atoms with Crippen LogP contribution in [0.5, 0.6) is 5.75 Å². The number of para-hydroxylation sites is 1. The highest BCUT2D eigenvalue weighted by Crippen LogP contribution is 2.18. The normalized spacial score (nSPS) is 10.2. The lowest BCUT2D eigenvalue weighted by molar-refractivity contribution is 0.0954. The molecule has 0 fully saturated rings. The number of methoxy groups -OCH3 is 1. The molecule has 122 valence electrons. The predicted octanol–water partition coefficient (Wildman–Crippen LogP) is 3.26. The van der Waals surface area contributed by atoms with E-state index in [0.717, 1.165) is 13.1 Å². The van der Waals surface area contributed by atoms with E-state index in [-0.39, 0.29) is 5.91 Å². The number of hydrogen-bond acceptors (Lipinski definition) is 3. The number of aryl methyl sites for hydroxylation is 1. The molecule has 0 aromatic heterocycles. The summed E-state index contributed by atoms with van der Waals surface area (Å²) in [5.74, 6) is 0.609. The van der Waals surface area contributed by atoms with Crippen LogP contribution in [0.1, 0.15) is 22.8 Å². The standard InChI is InChI=1S/C19H24N2O2/c1-4-21(18-11-6-5-8-15(18)2)13-12-20-19(22)16-9-7-10-17(14-16)23-3/h5-11,14H,4,12-13H2,1-3H3,(H,20,22). The highest BCUT2D eigenvalue weighted by atomic mass is 16.5. The van der Waals surface area contributed by atoms with Crippen molar-refractivity contribution >= 4 is 11.6 Å². The third kappa shape index (κ3) is 4.49. The summed E-state index contributed by atoms with van der Waals surface area (Å²) in [5.41, 5.74) is 3.07. The summed E-state index contributed by atoms with van der Waals surface area (Å²) in [6.07, 6.45) is 0. The molecule has 0 spiro atoms. The van der Waals surface area contributed by atoms with Crippen LogP contribution in [0.4, 0.5) is 5.69 Å². The number of hydrogen-bond donors (Lipinski definition) is 1. The third-order valence-electron chi connectivity index (χ3n) is 3.84. The van der Waals surface area contributed by atoms with Gasteiger partial charge in [-0.1, -0.05) is 24.3 Å². The fourth-order valence-electron chi connectivity index (χ4n) is 2.54. The zero-order valence-electron chi connectivity index (χ0n) is 14.0. The lowest BCUT2D eigenvalue weighted by atomic mass is 10.2. The molecule has 0 aliphatic rings. The lowest BCUT2D eigenvalue weighted by Gasteiger charge is -2.25. The van der Waals surface area contributed by atoms with Gasteiger partial charge in [-0.25, -0.2) is 0 Å². The number of anilines is 1. The first-order chi connectivity index (χ1) is 11.2. The first kappa shape index (κ1) is 16.9. The molecular weight excluding hydrogens is 288 g/mol. The fraction of sp³-hybridized carbons (Fsp3) is 0.316. The van der Waals surface area contributed by atoms with E-state index in [9.17, 15) is 4.79 Å². The van der Waals surface area contributed by atoms with Crippen molar-refractivity contribution in [2.75, 3.05) is 31.6 Å². The molecule has 4 nitrogen and oxygen atoms in total. The minimum absolute atomic E-state index is 0.0789. The number of carbonyl (C=O) groups excluding carboxylic acids is 1. The molecule has 0 aliphatic carbocycles. The van der Waals surface area contributed by atoms with Crippen molar-refractivity contribution in [3.8, 4) is 5.75 Å². The van der Waals surface area contributed by atoms with Gasteiger partial charge in [0.25, 0.3) is 5.91 Å². The molecule has 0 saturated heterocycles. The van der Waals surface area contributed by atoms with Crippen molar-refractivity contribution in [3.05, 3.63) is 59.7 Å². The maximum absolute atomic E-state index is 12.2. The SMILES string of the molecule is CCN(CCNC(=O)c1cccc(OC)c1)c1ccccc1C. The smallest absolute Gasteiger partial charge is 0.251 e. The number of amides is 1. The van der Waals surface area contributed by atoms with E-state index in [0.29, 0.717) is 17.9 Å². The number of rotatable bonds is 7. The Morgan fingerprint density at radius 3 is 2.65 bits per heavy atom. The summed E-state index contributed by atoms with van der Waals surface area (Å²) in [7, 11) is 1.60. The van der Waals surface area contributed by atoms with E-state index < -0.39 is 0 Å². The zero-order valence-corrected chi connectivity index (χ0v) is 14.0. The Bertz CT molecular complexity index is 655. The van der Waals surface area contributed by atoms with Crippen LogP contribution < -0.4 is 15.0 Å². The van der Waals surface area contributed by atoms with Gasteiger partial charge >= 0.3 is 0 Å². The van der Waals surface area contributed by atoms with Crippen LogP contribution >= 0.6 is 0 Å². The number of nitrogens with one attached hydrogen (secondary N) is 1. The second-order valence-electron chi connectivity index (χ2n) is 5.35. The average molecular weight is 312 g/mol. The second kappa shape index (κ2) is 8.22. The largest absolute Gasteiger partial charge is 0.497 e. The zero-order chi connectivity index (χ0) is 16.7. The number of benzene rings is 2. The third-order valence-corrected chi connectivity index (χ3v) is 3.84. The van der Waals surface area contributed by atoms with E-state index in [1.165, 1.54) is 11.3 Å². The Morgan fingerprint density at radius 2 is 1.96 bits per heavy atom. The van der Waals surface area contributed by atoms with Gasteiger partial charge in [-0.3, -0.25) is 4.79 Å². The maximum Gasteiger partial charge on any atom is 0.251 e. The Hall–Kier alpha value is -2.49. The van der Waals surface area contributed by atoms with Gasteiger partial charge in [0.2, 0.25) is 0 Å². The van der Waals surface area contributed by atoms with Crippen LogP contribution in [0.15, 0.2) is 48.5 Å². The van der Waals surface area contributed by atoms with Crippen molar-refractivity contribution in [1.29, 1.82) is 0 Å². The molecule has 0 aliphatic heterocycles. The van der Waals surface area contributed by atoms with Crippen molar-refractivity contribution < 1.29 is 9.53 Å². The van der Waals surface area contributed by atoms with Gasteiger partial charge in [-0.05, 0) is 43.7 Å². The molecule has 0 radical (unpaired) electrons. The van der Waals surface area contributed by atoms with Crippen LogP contribution in [-0.2, 0) is 0 Å². The Labute approximate surface area is 138 Å². The first-order valence-corrected chi connectivity index (χ1v) is 7.88. The van der Waals surface area contributed by atoms with Gasteiger partial charge in [0.05, 0.1) is 7.11 Å². The quantitative estimate of drug-likeness (QED) is 0.853. The molecule has 2 rings (SSSR count). The van der Waals surface area contributed by atoms with Crippen molar-refractivity contribution in [1.82, 2.24) is 5.32 Å². The molecule has 1 amide bonds. The Kier molecular flexibility index (Phi) is 6.03. The summed E-state index contributed by atoms with van der Waals surface area (Å²) in [6.45, 7) is 6.50. The van der Waals surface area contributed by atoms with Crippen LogP contribution in [-0.4, -0.2) is 32.7 Å². The molecule has 4 heteroatoms. The molecule has 0 heterocycles. The molecule has 2 aromatic carbocycles. The van der Waals surface area contributed by atoms with E-state index in [2.05, 4.69) is 36.2 Å². The molecule has 0 bridgehead atoms. The van der Waals surface area contributed by atoms with Gasteiger partial charge < -0.3 is 15.0 Å². The average Bonchev–Trinajstić information content (AvgIpc) is 2.59. The van der Waals surface area contributed by atoms with Gasteiger partial charge in [0.1, 0.15) is 5.75 Å². The van der Waals surface area contributed by atoms with E-state index in [1.807, 2.05) is 24.3 Å². The molecule has 1 N–H and O–H groups in total. The summed E-state index contributed by atoms with van der Waals surface area (Å²) < 4.78 is 5.15.